The quantitative estimate of drug-likeness (QED) is 0.774. The van der Waals surface area contributed by atoms with Crippen LogP contribution in [0.4, 0.5) is 4.39 Å². The molecule has 0 aliphatic rings. The van der Waals surface area contributed by atoms with Crippen molar-refractivity contribution < 1.29 is 13.9 Å². The van der Waals surface area contributed by atoms with E-state index in [2.05, 4.69) is 0 Å². The molecule has 0 N–H and O–H groups in total. The van der Waals surface area contributed by atoms with Gasteiger partial charge in [-0.15, -0.1) is 11.3 Å². The molecule has 0 amide bonds. The van der Waals surface area contributed by atoms with Crippen LogP contribution in [0, 0.1) is 12.7 Å². The Bertz CT molecular complexity index is 560. The molecule has 0 aliphatic heterocycles. The van der Waals surface area contributed by atoms with Gasteiger partial charge in [-0.3, -0.25) is 0 Å². The molecule has 0 unspecified atom stereocenters. The van der Waals surface area contributed by atoms with Crippen molar-refractivity contribution in [2.24, 2.45) is 0 Å². The molecule has 1 aromatic heterocycles. The van der Waals surface area contributed by atoms with Crippen molar-refractivity contribution >= 4 is 27.4 Å². The van der Waals surface area contributed by atoms with Gasteiger partial charge in [0.05, 0.1) is 6.61 Å². The lowest BCUT2D eigenvalue weighted by atomic mass is 10.1. The Hall–Kier alpha value is -1.42. The predicted molar refractivity (Wildman–Crippen MR) is 67.1 cm³/mol. The highest BCUT2D eigenvalue weighted by Gasteiger charge is 2.18. The zero-order valence-electron chi connectivity index (χ0n) is 9.75. The van der Waals surface area contributed by atoms with E-state index in [1.54, 1.807) is 13.0 Å². The normalized spacial score (nSPS) is 10.8. The Morgan fingerprint density at radius 2 is 2.24 bits per heavy atom. The zero-order chi connectivity index (χ0) is 12.4. The molecule has 0 saturated carbocycles. The van der Waals surface area contributed by atoms with E-state index in [4.69, 9.17) is 4.74 Å². The molecular weight excluding hydrogens is 239 g/mol. The molecule has 90 valence electrons. The fraction of sp³-hybridized carbons (Fsp3) is 0.308. The SMILES string of the molecule is CCCOC(=O)c1sc2cccc(F)c2c1C. The van der Waals surface area contributed by atoms with Crippen molar-refractivity contribution in [1.29, 1.82) is 0 Å². The van der Waals surface area contributed by atoms with E-state index in [0.717, 1.165) is 11.1 Å². The van der Waals surface area contributed by atoms with Crippen LogP contribution in [0.3, 0.4) is 0 Å². The van der Waals surface area contributed by atoms with Crippen LogP contribution in [-0.2, 0) is 4.74 Å². The Kier molecular flexibility index (Phi) is 3.43. The number of benzene rings is 1. The first kappa shape index (κ1) is 12.0. The number of halogens is 1. The molecule has 0 bridgehead atoms. The van der Waals surface area contributed by atoms with Gasteiger partial charge in [-0.2, -0.15) is 0 Å². The van der Waals surface area contributed by atoms with Crippen molar-refractivity contribution in [2.45, 2.75) is 20.3 Å². The molecule has 1 heterocycles. The number of fused-ring (bicyclic) bond motifs is 1. The second-order valence-corrected chi connectivity index (χ2v) is 4.86. The number of rotatable bonds is 3. The molecule has 0 atom stereocenters. The fourth-order valence-corrected chi connectivity index (χ4v) is 2.83. The van der Waals surface area contributed by atoms with E-state index in [0.29, 0.717) is 22.4 Å². The average Bonchev–Trinajstić information content (AvgIpc) is 2.65. The zero-order valence-corrected chi connectivity index (χ0v) is 10.6. The summed E-state index contributed by atoms with van der Waals surface area (Å²) < 4.78 is 19.5. The average molecular weight is 252 g/mol. The summed E-state index contributed by atoms with van der Waals surface area (Å²) in [5.74, 6) is -0.643. The minimum Gasteiger partial charge on any atom is -0.462 e. The topological polar surface area (TPSA) is 26.3 Å². The van der Waals surface area contributed by atoms with Crippen LogP contribution in [0.15, 0.2) is 18.2 Å². The second kappa shape index (κ2) is 4.84. The van der Waals surface area contributed by atoms with Crippen molar-refractivity contribution in [3.63, 3.8) is 0 Å². The van der Waals surface area contributed by atoms with Gasteiger partial charge in [0, 0.05) is 10.1 Å². The Morgan fingerprint density at radius 3 is 2.88 bits per heavy atom. The smallest absolute Gasteiger partial charge is 0.348 e. The first-order chi connectivity index (χ1) is 8.15. The van der Waals surface area contributed by atoms with E-state index in [1.807, 2.05) is 13.0 Å². The summed E-state index contributed by atoms with van der Waals surface area (Å²) in [6.45, 7) is 4.09. The molecule has 2 aromatic rings. The Balaban J connectivity index is 2.46. The van der Waals surface area contributed by atoms with E-state index in [9.17, 15) is 9.18 Å². The van der Waals surface area contributed by atoms with E-state index < -0.39 is 0 Å². The lowest BCUT2D eigenvalue weighted by molar-refractivity contribution is 0.0510. The summed E-state index contributed by atoms with van der Waals surface area (Å²) in [5.41, 5.74) is 0.671. The highest BCUT2D eigenvalue weighted by Crippen LogP contribution is 2.32. The van der Waals surface area contributed by atoms with Crippen LogP contribution >= 0.6 is 11.3 Å². The van der Waals surface area contributed by atoms with E-state index >= 15 is 0 Å². The van der Waals surface area contributed by atoms with Gasteiger partial charge in [-0.05, 0) is 31.0 Å². The minimum absolute atomic E-state index is 0.286. The predicted octanol–water partition coefficient (Wildman–Crippen LogP) is 3.92. The maximum absolute atomic E-state index is 13.6. The van der Waals surface area contributed by atoms with Crippen LogP contribution in [0.5, 0.6) is 0 Å². The van der Waals surface area contributed by atoms with Gasteiger partial charge in [0.25, 0.3) is 0 Å². The van der Waals surface area contributed by atoms with Crippen LogP contribution < -0.4 is 0 Å². The summed E-state index contributed by atoms with van der Waals surface area (Å²) in [6.07, 6.45) is 0.782. The van der Waals surface area contributed by atoms with E-state index in [1.165, 1.54) is 17.4 Å². The monoisotopic (exact) mass is 252 g/mol. The molecule has 1 aromatic carbocycles. The molecule has 0 saturated heterocycles. The number of esters is 1. The molecule has 0 aliphatic carbocycles. The van der Waals surface area contributed by atoms with Crippen molar-refractivity contribution in [3.05, 3.63) is 34.5 Å². The number of carbonyl (C=O) groups excluding carboxylic acids is 1. The highest BCUT2D eigenvalue weighted by molar-refractivity contribution is 7.21. The van der Waals surface area contributed by atoms with Crippen molar-refractivity contribution in [1.82, 2.24) is 0 Å². The van der Waals surface area contributed by atoms with Crippen LogP contribution in [0.25, 0.3) is 10.1 Å². The number of aryl methyl sites for hydroxylation is 1. The summed E-state index contributed by atoms with van der Waals surface area (Å²) in [7, 11) is 0. The van der Waals surface area contributed by atoms with Crippen molar-refractivity contribution in [3.8, 4) is 0 Å². The van der Waals surface area contributed by atoms with Gasteiger partial charge in [0.15, 0.2) is 0 Å². The summed E-state index contributed by atoms with van der Waals surface area (Å²) >= 11 is 1.28. The number of carbonyl (C=O) groups is 1. The Morgan fingerprint density at radius 1 is 1.47 bits per heavy atom. The molecular formula is C13H13FO2S. The maximum Gasteiger partial charge on any atom is 0.348 e. The summed E-state index contributed by atoms with van der Waals surface area (Å²) in [4.78, 5) is 12.3. The lowest BCUT2D eigenvalue weighted by Gasteiger charge is -2.01. The molecule has 2 nitrogen and oxygen atoms in total. The number of hydrogen-bond acceptors (Lipinski definition) is 3. The standard InChI is InChI=1S/C13H13FO2S/c1-3-7-16-13(15)12-8(2)11-9(14)5-4-6-10(11)17-12/h4-6H,3,7H2,1-2H3. The first-order valence-electron chi connectivity index (χ1n) is 5.50. The fourth-order valence-electron chi connectivity index (χ4n) is 1.71. The maximum atomic E-state index is 13.6. The number of ether oxygens (including phenoxy) is 1. The molecule has 4 heteroatoms. The van der Waals surface area contributed by atoms with Gasteiger partial charge in [0.2, 0.25) is 0 Å². The van der Waals surface area contributed by atoms with Gasteiger partial charge in [-0.25, -0.2) is 9.18 Å². The molecule has 0 spiro atoms. The van der Waals surface area contributed by atoms with Crippen LogP contribution in [-0.4, -0.2) is 12.6 Å². The lowest BCUT2D eigenvalue weighted by Crippen LogP contribution is -2.05. The third kappa shape index (κ3) is 2.17. The van der Waals surface area contributed by atoms with Gasteiger partial charge in [0.1, 0.15) is 10.7 Å². The van der Waals surface area contributed by atoms with E-state index in [-0.39, 0.29) is 11.8 Å². The summed E-state index contributed by atoms with van der Waals surface area (Å²) in [5, 5.41) is 0.529. The van der Waals surface area contributed by atoms with Gasteiger partial charge in [-0.1, -0.05) is 13.0 Å². The molecule has 0 radical (unpaired) electrons. The molecule has 0 fully saturated rings. The van der Waals surface area contributed by atoms with Gasteiger partial charge < -0.3 is 4.74 Å². The van der Waals surface area contributed by atoms with Crippen LogP contribution in [0.1, 0.15) is 28.6 Å². The third-order valence-corrected chi connectivity index (χ3v) is 3.76. The highest BCUT2D eigenvalue weighted by atomic mass is 32.1. The first-order valence-corrected chi connectivity index (χ1v) is 6.31. The minimum atomic E-state index is -0.357. The summed E-state index contributed by atoms with van der Waals surface area (Å²) in [6, 6.07) is 4.87. The molecule has 2 rings (SSSR count). The number of thiophene rings is 1. The second-order valence-electron chi connectivity index (χ2n) is 3.81. The van der Waals surface area contributed by atoms with Gasteiger partial charge >= 0.3 is 5.97 Å². The van der Waals surface area contributed by atoms with Crippen LogP contribution in [0.2, 0.25) is 0 Å². The van der Waals surface area contributed by atoms with Crippen molar-refractivity contribution in [2.75, 3.05) is 6.61 Å². The third-order valence-electron chi connectivity index (χ3n) is 2.53. The largest absolute Gasteiger partial charge is 0.462 e. The number of hydrogen-bond donors (Lipinski definition) is 0. The Labute approximate surface area is 103 Å². The molecule has 17 heavy (non-hydrogen) atoms.